The number of rotatable bonds is 2. The molecule has 0 bridgehead atoms. The average molecular weight is 99.2 g/mol. The van der Waals surface area contributed by atoms with Crippen molar-refractivity contribution in [2.75, 3.05) is 6.54 Å². The van der Waals surface area contributed by atoms with Crippen LogP contribution in [0, 0.1) is 11.8 Å². The molecule has 7 heavy (non-hydrogen) atoms. The molecule has 1 nitrogen and oxygen atoms in total. The van der Waals surface area contributed by atoms with Crippen molar-refractivity contribution in [2.24, 2.45) is 17.6 Å². The minimum Gasteiger partial charge on any atom is -0.330 e. The van der Waals surface area contributed by atoms with Gasteiger partial charge in [-0.15, -0.1) is 0 Å². The lowest BCUT2D eigenvalue weighted by molar-refractivity contribution is 0.683. The van der Waals surface area contributed by atoms with Crippen molar-refractivity contribution in [1.29, 1.82) is 0 Å². The van der Waals surface area contributed by atoms with Crippen LogP contribution >= 0.6 is 0 Å². The van der Waals surface area contributed by atoms with Crippen LogP contribution in [-0.4, -0.2) is 6.54 Å². The zero-order valence-electron chi connectivity index (χ0n) is 4.85. The first-order valence-corrected chi connectivity index (χ1v) is 3.04. The Morgan fingerprint density at radius 3 is 2.43 bits per heavy atom. The summed E-state index contributed by atoms with van der Waals surface area (Å²) >= 11 is 0. The fraction of sp³-hybridized carbons (Fsp3) is 1.00. The molecule has 0 aromatic rings. The van der Waals surface area contributed by atoms with Gasteiger partial charge in [-0.05, 0) is 31.2 Å². The van der Waals surface area contributed by atoms with E-state index in [9.17, 15) is 0 Å². The molecule has 1 aliphatic rings. The van der Waals surface area contributed by atoms with E-state index >= 15 is 0 Å². The van der Waals surface area contributed by atoms with E-state index in [1.807, 2.05) is 0 Å². The van der Waals surface area contributed by atoms with Gasteiger partial charge in [-0.3, -0.25) is 0 Å². The van der Waals surface area contributed by atoms with Crippen LogP contribution in [0.2, 0.25) is 0 Å². The standard InChI is InChI=1S/C6H13N/c1-5-4-6(5)2-3-7/h5-6H,2-4,7H2,1H3/t5-,6?/m0/s1. The molecule has 1 heteroatoms. The zero-order valence-corrected chi connectivity index (χ0v) is 4.85. The van der Waals surface area contributed by atoms with E-state index in [1.165, 1.54) is 12.8 Å². The largest absolute Gasteiger partial charge is 0.330 e. The van der Waals surface area contributed by atoms with Gasteiger partial charge in [0, 0.05) is 0 Å². The molecular weight excluding hydrogens is 86.1 g/mol. The molecule has 0 amide bonds. The van der Waals surface area contributed by atoms with Crippen LogP contribution in [0.3, 0.4) is 0 Å². The molecule has 1 fully saturated rings. The lowest BCUT2D eigenvalue weighted by Crippen LogP contribution is -1.99. The Bertz CT molecular complexity index is 61.2. The highest BCUT2D eigenvalue weighted by Crippen LogP contribution is 2.39. The summed E-state index contributed by atoms with van der Waals surface area (Å²) in [7, 11) is 0. The molecule has 0 spiro atoms. The number of nitrogens with two attached hydrogens (primary N) is 1. The Hall–Kier alpha value is -0.0400. The Kier molecular flexibility index (Phi) is 1.33. The fourth-order valence-electron chi connectivity index (χ4n) is 1.02. The van der Waals surface area contributed by atoms with E-state index in [4.69, 9.17) is 5.73 Å². The molecule has 0 saturated heterocycles. The molecule has 42 valence electrons. The highest BCUT2D eigenvalue weighted by atomic mass is 14.5. The predicted molar refractivity (Wildman–Crippen MR) is 30.9 cm³/mol. The van der Waals surface area contributed by atoms with Gasteiger partial charge in [0.15, 0.2) is 0 Å². The molecule has 0 aromatic heterocycles. The second kappa shape index (κ2) is 1.83. The average Bonchev–Trinajstić information content (AvgIpc) is 2.22. The molecule has 1 saturated carbocycles. The SMILES string of the molecule is C[C@H]1CC1CCN. The van der Waals surface area contributed by atoms with E-state index < -0.39 is 0 Å². The van der Waals surface area contributed by atoms with Crippen molar-refractivity contribution in [3.05, 3.63) is 0 Å². The monoisotopic (exact) mass is 99.1 g/mol. The van der Waals surface area contributed by atoms with E-state index in [-0.39, 0.29) is 0 Å². The summed E-state index contributed by atoms with van der Waals surface area (Å²) in [6, 6.07) is 0. The first-order chi connectivity index (χ1) is 3.34. The van der Waals surface area contributed by atoms with Crippen molar-refractivity contribution in [1.82, 2.24) is 0 Å². The smallest absolute Gasteiger partial charge is 0.00745 e. The van der Waals surface area contributed by atoms with Crippen LogP contribution in [-0.2, 0) is 0 Å². The highest BCUT2D eigenvalue weighted by molar-refractivity contribution is 4.81. The van der Waals surface area contributed by atoms with Crippen molar-refractivity contribution in [3.63, 3.8) is 0 Å². The summed E-state index contributed by atoms with van der Waals surface area (Å²) < 4.78 is 0. The van der Waals surface area contributed by atoms with E-state index in [1.54, 1.807) is 0 Å². The maximum atomic E-state index is 5.33. The first kappa shape index (κ1) is 5.10. The van der Waals surface area contributed by atoms with Gasteiger partial charge in [-0.2, -0.15) is 0 Å². The van der Waals surface area contributed by atoms with Gasteiger partial charge in [0.2, 0.25) is 0 Å². The second-order valence-corrected chi connectivity index (χ2v) is 2.55. The highest BCUT2D eigenvalue weighted by Gasteiger charge is 2.30. The topological polar surface area (TPSA) is 26.0 Å². The summed E-state index contributed by atoms with van der Waals surface area (Å²) in [5.41, 5.74) is 5.33. The van der Waals surface area contributed by atoms with Crippen LogP contribution in [0.1, 0.15) is 19.8 Å². The molecule has 0 radical (unpaired) electrons. The third kappa shape index (κ3) is 1.16. The zero-order chi connectivity index (χ0) is 5.28. The van der Waals surface area contributed by atoms with Crippen molar-refractivity contribution < 1.29 is 0 Å². The van der Waals surface area contributed by atoms with Gasteiger partial charge in [0.05, 0.1) is 0 Å². The molecule has 1 unspecified atom stereocenters. The van der Waals surface area contributed by atoms with Gasteiger partial charge in [-0.1, -0.05) is 6.92 Å². The van der Waals surface area contributed by atoms with Crippen molar-refractivity contribution in [2.45, 2.75) is 19.8 Å². The number of hydrogen-bond donors (Lipinski definition) is 1. The van der Waals surface area contributed by atoms with Crippen LogP contribution in [0.25, 0.3) is 0 Å². The van der Waals surface area contributed by atoms with E-state index in [0.29, 0.717) is 0 Å². The molecule has 2 atom stereocenters. The Labute approximate surface area is 44.9 Å². The van der Waals surface area contributed by atoms with Gasteiger partial charge >= 0.3 is 0 Å². The lowest BCUT2D eigenvalue weighted by atomic mass is 10.2. The van der Waals surface area contributed by atoms with Crippen molar-refractivity contribution >= 4 is 0 Å². The maximum absolute atomic E-state index is 5.33. The maximum Gasteiger partial charge on any atom is -0.00745 e. The summed E-state index contributed by atoms with van der Waals surface area (Å²) in [6.07, 6.45) is 2.68. The molecular formula is C6H13N. The second-order valence-electron chi connectivity index (χ2n) is 2.55. The minimum absolute atomic E-state index is 0.884. The predicted octanol–water partition coefficient (Wildman–Crippen LogP) is 0.991. The van der Waals surface area contributed by atoms with Gasteiger partial charge in [-0.25, -0.2) is 0 Å². The van der Waals surface area contributed by atoms with Crippen LogP contribution in [0.15, 0.2) is 0 Å². The third-order valence-corrected chi connectivity index (χ3v) is 1.81. The fourth-order valence-corrected chi connectivity index (χ4v) is 1.02. The summed E-state index contributed by atoms with van der Waals surface area (Å²) in [5, 5.41) is 0. The molecule has 1 rings (SSSR count). The van der Waals surface area contributed by atoms with Gasteiger partial charge in [0.25, 0.3) is 0 Å². The van der Waals surface area contributed by atoms with Gasteiger partial charge < -0.3 is 5.73 Å². The Morgan fingerprint density at radius 1 is 1.71 bits per heavy atom. The Balaban J connectivity index is 1.98. The Morgan fingerprint density at radius 2 is 2.29 bits per heavy atom. The van der Waals surface area contributed by atoms with E-state index in [2.05, 4.69) is 6.92 Å². The van der Waals surface area contributed by atoms with Crippen molar-refractivity contribution in [3.8, 4) is 0 Å². The summed E-state index contributed by atoms with van der Waals surface area (Å²) in [6.45, 7) is 3.18. The normalized spacial score (nSPS) is 38.6. The van der Waals surface area contributed by atoms with Crippen LogP contribution < -0.4 is 5.73 Å². The summed E-state index contributed by atoms with van der Waals surface area (Å²) in [5.74, 6) is 1.98. The number of hydrogen-bond acceptors (Lipinski definition) is 1. The summed E-state index contributed by atoms with van der Waals surface area (Å²) in [4.78, 5) is 0. The first-order valence-electron chi connectivity index (χ1n) is 3.04. The molecule has 0 heterocycles. The quantitative estimate of drug-likeness (QED) is 0.549. The molecule has 1 aliphatic carbocycles. The third-order valence-electron chi connectivity index (χ3n) is 1.81. The van der Waals surface area contributed by atoms with Crippen LogP contribution in [0.4, 0.5) is 0 Å². The molecule has 0 aromatic carbocycles. The van der Waals surface area contributed by atoms with E-state index in [0.717, 1.165) is 18.4 Å². The molecule has 2 N–H and O–H groups in total. The molecule has 0 aliphatic heterocycles. The lowest BCUT2D eigenvalue weighted by Gasteiger charge is -1.87. The van der Waals surface area contributed by atoms with Crippen LogP contribution in [0.5, 0.6) is 0 Å². The minimum atomic E-state index is 0.884. The van der Waals surface area contributed by atoms with Gasteiger partial charge in [0.1, 0.15) is 0 Å².